The first-order chi connectivity index (χ1) is 8.18. The summed E-state index contributed by atoms with van der Waals surface area (Å²) in [7, 11) is 0. The SMILES string of the molecule is CC1CCCCCN1C(=O)C1CNC(=O)CN1. The van der Waals surface area contributed by atoms with E-state index < -0.39 is 0 Å². The lowest BCUT2D eigenvalue weighted by Crippen LogP contribution is -2.59. The van der Waals surface area contributed by atoms with Crippen LogP contribution >= 0.6 is 0 Å². The van der Waals surface area contributed by atoms with Crippen molar-refractivity contribution in [1.82, 2.24) is 15.5 Å². The molecule has 2 heterocycles. The van der Waals surface area contributed by atoms with E-state index >= 15 is 0 Å². The van der Waals surface area contributed by atoms with E-state index in [2.05, 4.69) is 17.6 Å². The van der Waals surface area contributed by atoms with Crippen LogP contribution < -0.4 is 10.6 Å². The van der Waals surface area contributed by atoms with Crippen LogP contribution in [0.15, 0.2) is 0 Å². The van der Waals surface area contributed by atoms with Crippen LogP contribution in [-0.2, 0) is 9.59 Å². The van der Waals surface area contributed by atoms with Crippen molar-refractivity contribution in [3.05, 3.63) is 0 Å². The molecule has 0 aromatic carbocycles. The predicted molar refractivity (Wildman–Crippen MR) is 64.4 cm³/mol. The maximum absolute atomic E-state index is 12.3. The van der Waals surface area contributed by atoms with Gasteiger partial charge >= 0.3 is 0 Å². The molecule has 2 N–H and O–H groups in total. The fraction of sp³-hybridized carbons (Fsp3) is 0.833. The summed E-state index contributed by atoms with van der Waals surface area (Å²) < 4.78 is 0. The van der Waals surface area contributed by atoms with E-state index in [1.165, 1.54) is 12.8 Å². The van der Waals surface area contributed by atoms with Crippen molar-refractivity contribution in [2.75, 3.05) is 19.6 Å². The summed E-state index contributed by atoms with van der Waals surface area (Å²) in [5.74, 6) is 0.109. The Hall–Kier alpha value is -1.10. The van der Waals surface area contributed by atoms with Crippen molar-refractivity contribution >= 4 is 11.8 Å². The molecular weight excluding hydrogens is 218 g/mol. The average Bonchev–Trinajstić information content (AvgIpc) is 2.54. The van der Waals surface area contributed by atoms with Crippen LogP contribution in [0.1, 0.15) is 32.6 Å². The zero-order valence-corrected chi connectivity index (χ0v) is 10.4. The number of nitrogens with zero attached hydrogens (tertiary/aromatic N) is 1. The van der Waals surface area contributed by atoms with E-state index in [0.29, 0.717) is 12.6 Å². The second kappa shape index (κ2) is 5.49. The Kier molecular flexibility index (Phi) is 3.99. The topological polar surface area (TPSA) is 61.4 Å². The van der Waals surface area contributed by atoms with Gasteiger partial charge in [-0.15, -0.1) is 0 Å². The van der Waals surface area contributed by atoms with Crippen LogP contribution in [0.3, 0.4) is 0 Å². The van der Waals surface area contributed by atoms with E-state index in [4.69, 9.17) is 0 Å². The Morgan fingerprint density at radius 3 is 2.88 bits per heavy atom. The molecule has 0 bridgehead atoms. The lowest BCUT2D eigenvalue weighted by molar-refractivity contribution is -0.136. The number of piperazine rings is 1. The molecule has 2 saturated heterocycles. The maximum atomic E-state index is 12.3. The Labute approximate surface area is 102 Å². The third-order valence-electron chi connectivity index (χ3n) is 3.65. The van der Waals surface area contributed by atoms with Gasteiger partial charge in [-0.3, -0.25) is 14.9 Å². The molecule has 0 aromatic rings. The van der Waals surface area contributed by atoms with Crippen molar-refractivity contribution < 1.29 is 9.59 Å². The molecule has 2 amide bonds. The number of amides is 2. The van der Waals surface area contributed by atoms with Crippen LogP contribution in [0.5, 0.6) is 0 Å². The number of carbonyl (C=O) groups excluding carboxylic acids is 2. The minimum Gasteiger partial charge on any atom is -0.353 e. The number of rotatable bonds is 1. The lowest BCUT2D eigenvalue weighted by atomic mass is 10.1. The zero-order valence-electron chi connectivity index (χ0n) is 10.4. The second-order valence-corrected chi connectivity index (χ2v) is 4.97. The number of nitrogens with one attached hydrogen (secondary N) is 2. The highest BCUT2D eigenvalue weighted by Gasteiger charge is 2.30. The van der Waals surface area contributed by atoms with Crippen LogP contribution in [0, 0.1) is 0 Å². The van der Waals surface area contributed by atoms with Crippen LogP contribution in [-0.4, -0.2) is 48.4 Å². The van der Waals surface area contributed by atoms with Crippen molar-refractivity contribution in [3.8, 4) is 0 Å². The van der Waals surface area contributed by atoms with Gasteiger partial charge in [0.25, 0.3) is 0 Å². The highest BCUT2D eigenvalue weighted by atomic mass is 16.2. The van der Waals surface area contributed by atoms with Gasteiger partial charge in [-0.25, -0.2) is 0 Å². The Balaban J connectivity index is 1.95. The standard InChI is InChI=1S/C12H21N3O2/c1-9-5-3-2-4-6-15(9)12(17)10-7-14-11(16)8-13-10/h9-10,13H,2-8H2,1H3,(H,14,16). The van der Waals surface area contributed by atoms with Gasteiger partial charge in [0.1, 0.15) is 6.04 Å². The van der Waals surface area contributed by atoms with E-state index in [0.717, 1.165) is 19.4 Å². The van der Waals surface area contributed by atoms with Crippen molar-refractivity contribution in [3.63, 3.8) is 0 Å². The Morgan fingerprint density at radius 2 is 2.18 bits per heavy atom. The van der Waals surface area contributed by atoms with Gasteiger partial charge in [0.2, 0.25) is 11.8 Å². The van der Waals surface area contributed by atoms with E-state index in [9.17, 15) is 9.59 Å². The number of hydrogen-bond donors (Lipinski definition) is 2. The summed E-state index contributed by atoms with van der Waals surface area (Å²) in [6.07, 6.45) is 4.60. The summed E-state index contributed by atoms with van der Waals surface area (Å²) in [5, 5.41) is 5.74. The molecule has 2 rings (SSSR count). The summed E-state index contributed by atoms with van der Waals surface area (Å²) in [4.78, 5) is 25.3. The number of carbonyl (C=O) groups is 2. The molecule has 2 atom stereocenters. The van der Waals surface area contributed by atoms with Gasteiger partial charge in [-0.2, -0.15) is 0 Å². The summed E-state index contributed by atoms with van der Waals surface area (Å²) in [6, 6.07) is 0.0812. The molecule has 17 heavy (non-hydrogen) atoms. The summed E-state index contributed by atoms with van der Waals surface area (Å²) >= 11 is 0. The Morgan fingerprint density at radius 1 is 1.35 bits per heavy atom. The molecule has 2 unspecified atom stereocenters. The molecule has 2 fully saturated rings. The Bertz CT molecular complexity index is 296. The minimum atomic E-state index is -0.242. The van der Waals surface area contributed by atoms with Crippen LogP contribution in [0.25, 0.3) is 0 Å². The monoisotopic (exact) mass is 239 g/mol. The highest BCUT2D eigenvalue weighted by Crippen LogP contribution is 2.17. The van der Waals surface area contributed by atoms with Gasteiger partial charge < -0.3 is 10.2 Å². The molecule has 96 valence electrons. The van der Waals surface area contributed by atoms with Gasteiger partial charge in [0.15, 0.2) is 0 Å². The molecule has 0 aliphatic carbocycles. The summed E-state index contributed by atoms with van der Waals surface area (Å²) in [5.41, 5.74) is 0. The smallest absolute Gasteiger partial charge is 0.241 e. The van der Waals surface area contributed by atoms with Crippen LogP contribution in [0.4, 0.5) is 0 Å². The van der Waals surface area contributed by atoms with E-state index in [-0.39, 0.29) is 24.4 Å². The minimum absolute atomic E-state index is 0.0297. The first-order valence-electron chi connectivity index (χ1n) is 6.49. The van der Waals surface area contributed by atoms with Crippen LogP contribution in [0.2, 0.25) is 0 Å². The van der Waals surface area contributed by atoms with E-state index in [1.807, 2.05) is 4.90 Å². The first-order valence-corrected chi connectivity index (χ1v) is 6.49. The molecule has 2 aliphatic heterocycles. The van der Waals surface area contributed by atoms with Gasteiger partial charge in [-0.05, 0) is 19.8 Å². The third kappa shape index (κ3) is 2.97. The molecule has 0 spiro atoms. The molecule has 0 aromatic heterocycles. The quantitative estimate of drug-likeness (QED) is 0.670. The van der Waals surface area contributed by atoms with E-state index in [1.54, 1.807) is 0 Å². The zero-order chi connectivity index (χ0) is 12.3. The summed E-state index contributed by atoms with van der Waals surface area (Å²) in [6.45, 7) is 3.64. The fourth-order valence-electron chi connectivity index (χ4n) is 2.54. The molecule has 0 saturated carbocycles. The van der Waals surface area contributed by atoms with Gasteiger partial charge in [0, 0.05) is 19.1 Å². The predicted octanol–water partition coefficient (Wildman–Crippen LogP) is -0.134. The molecule has 0 radical (unpaired) electrons. The fourth-order valence-corrected chi connectivity index (χ4v) is 2.54. The number of hydrogen-bond acceptors (Lipinski definition) is 3. The molecule has 2 aliphatic rings. The van der Waals surface area contributed by atoms with Crippen molar-refractivity contribution in [1.29, 1.82) is 0 Å². The van der Waals surface area contributed by atoms with Crippen molar-refractivity contribution in [2.24, 2.45) is 0 Å². The van der Waals surface area contributed by atoms with Crippen molar-refractivity contribution in [2.45, 2.75) is 44.7 Å². The first kappa shape index (κ1) is 12.4. The average molecular weight is 239 g/mol. The van der Waals surface area contributed by atoms with Gasteiger partial charge in [0.05, 0.1) is 6.54 Å². The second-order valence-electron chi connectivity index (χ2n) is 4.97. The lowest BCUT2D eigenvalue weighted by Gasteiger charge is -2.33. The highest BCUT2D eigenvalue weighted by molar-refractivity contribution is 5.87. The number of likely N-dealkylation sites (tertiary alicyclic amines) is 1. The molecule has 5 nitrogen and oxygen atoms in total. The molecule has 5 heteroatoms. The van der Waals surface area contributed by atoms with Gasteiger partial charge in [-0.1, -0.05) is 12.8 Å². The normalized spacial score (nSPS) is 30.6. The molecular formula is C12H21N3O2. The maximum Gasteiger partial charge on any atom is 0.241 e. The largest absolute Gasteiger partial charge is 0.353 e. The third-order valence-corrected chi connectivity index (χ3v) is 3.65.